The third kappa shape index (κ3) is 5.42. The fourth-order valence-electron chi connectivity index (χ4n) is 11.3. The molecular formula is C60H48N2. The van der Waals surface area contributed by atoms with Crippen LogP contribution in [-0.2, 0) is 10.8 Å². The predicted molar refractivity (Wildman–Crippen MR) is 261 cm³/mol. The van der Waals surface area contributed by atoms with Gasteiger partial charge in [0, 0.05) is 44.7 Å². The number of fused-ring (bicyclic) bond motifs is 9. The van der Waals surface area contributed by atoms with E-state index >= 15 is 0 Å². The standard InChI is InChI=1S/C60H48N2/c1-59(2)52-20-10-5-16-46(52)48-35-29-41(37-54(48)59)45-15-7-12-22-56(45)61(44-34-36-49-47-17-6-11-21-53(47)60(3,4)55(49)38-44)42-30-25-39(26-31-42)40-27-32-43(33-28-40)62-57-23-13-8-18-50(57)51-19-9-14-24-58(51)62/h5-38,48,54H,1-4H3. The average Bonchev–Trinajstić information content (AvgIpc) is 3.86. The molecule has 1 aromatic heterocycles. The average molecular weight is 797 g/mol. The summed E-state index contributed by atoms with van der Waals surface area (Å²) in [6, 6.07) is 69.8. The van der Waals surface area contributed by atoms with Crippen molar-refractivity contribution in [3.63, 3.8) is 0 Å². The highest BCUT2D eigenvalue weighted by molar-refractivity contribution is 6.09. The van der Waals surface area contributed by atoms with Gasteiger partial charge in [-0.05, 0) is 116 Å². The molecule has 0 fully saturated rings. The monoisotopic (exact) mass is 796 g/mol. The van der Waals surface area contributed by atoms with E-state index in [0.29, 0.717) is 11.8 Å². The van der Waals surface area contributed by atoms with Gasteiger partial charge in [-0.25, -0.2) is 0 Å². The second-order valence-electron chi connectivity index (χ2n) is 18.6. The van der Waals surface area contributed by atoms with E-state index < -0.39 is 0 Å². The van der Waals surface area contributed by atoms with Crippen molar-refractivity contribution in [3.05, 3.63) is 234 Å². The second kappa shape index (κ2) is 13.7. The third-order valence-electron chi connectivity index (χ3n) is 14.5. The molecule has 8 aromatic carbocycles. The largest absolute Gasteiger partial charge is 0.310 e. The van der Waals surface area contributed by atoms with Gasteiger partial charge in [-0.3, -0.25) is 0 Å². The van der Waals surface area contributed by atoms with Crippen LogP contribution in [0, 0.1) is 5.92 Å². The van der Waals surface area contributed by atoms with Gasteiger partial charge in [0.2, 0.25) is 0 Å². The first-order valence-electron chi connectivity index (χ1n) is 22.1. The smallest absolute Gasteiger partial charge is 0.0541 e. The molecule has 0 radical (unpaired) electrons. The van der Waals surface area contributed by atoms with E-state index in [-0.39, 0.29) is 10.8 Å². The lowest BCUT2D eigenvalue weighted by atomic mass is 9.72. The number of nitrogens with zero attached hydrogens (tertiary/aromatic N) is 2. The van der Waals surface area contributed by atoms with Crippen LogP contribution in [0.2, 0.25) is 0 Å². The summed E-state index contributed by atoms with van der Waals surface area (Å²) in [4.78, 5) is 2.49. The van der Waals surface area contributed by atoms with Crippen LogP contribution in [0.3, 0.4) is 0 Å². The Balaban J connectivity index is 0.955. The van der Waals surface area contributed by atoms with Crippen molar-refractivity contribution in [3.8, 4) is 27.9 Å². The van der Waals surface area contributed by atoms with Gasteiger partial charge in [-0.15, -0.1) is 0 Å². The summed E-state index contributed by atoms with van der Waals surface area (Å²) in [5.74, 6) is 0.763. The Morgan fingerprint density at radius 2 is 1.05 bits per heavy atom. The van der Waals surface area contributed by atoms with Crippen LogP contribution in [0.4, 0.5) is 17.1 Å². The number of allylic oxidation sites excluding steroid dienone is 4. The zero-order valence-electron chi connectivity index (χ0n) is 35.7. The molecule has 0 N–H and O–H groups in total. The fraction of sp³-hybridized carbons (Fsp3) is 0.133. The summed E-state index contributed by atoms with van der Waals surface area (Å²) >= 11 is 0. The molecule has 298 valence electrons. The summed E-state index contributed by atoms with van der Waals surface area (Å²) in [5, 5.41) is 2.55. The Kier molecular flexibility index (Phi) is 8.09. The van der Waals surface area contributed by atoms with Gasteiger partial charge in [0.25, 0.3) is 0 Å². The molecule has 0 aliphatic heterocycles. The number of para-hydroxylation sites is 3. The van der Waals surface area contributed by atoms with Gasteiger partial charge in [-0.2, -0.15) is 0 Å². The lowest BCUT2D eigenvalue weighted by molar-refractivity contribution is 0.395. The molecule has 0 amide bonds. The Bertz CT molecular complexity index is 3250. The maximum absolute atomic E-state index is 2.57. The lowest BCUT2D eigenvalue weighted by Crippen LogP contribution is -2.25. The number of hydrogen-bond acceptors (Lipinski definition) is 1. The molecule has 62 heavy (non-hydrogen) atoms. The maximum Gasteiger partial charge on any atom is 0.0541 e. The van der Waals surface area contributed by atoms with Crippen LogP contribution >= 0.6 is 0 Å². The highest BCUT2D eigenvalue weighted by Gasteiger charge is 2.45. The topological polar surface area (TPSA) is 8.17 Å². The second-order valence-corrected chi connectivity index (χ2v) is 18.6. The normalized spacial score (nSPS) is 17.6. The van der Waals surface area contributed by atoms with Crippen LogP contribution in [0.25, 0.3) is 55.3 Å². The molecule has 3 aliphatic rings. The van der Waals surface area contributed by atoms with Gasteiger partial charge in [0.15, 0.2) is 0 Å². The Labute approximate surface area is 364 Å². The first kappa shape index (κ1) is 36.7. The van der Waals surface area contributed by atoms with Crippen molar-refractivity contribution >= 4 is 44.4 Å². The first-order valence-corrected chi connectivity index (χ1v) is 22.1. The Morgan fingerprint density at radius 1 is 0.484 bits per heavy atom. The molecular weight excluding hydrogens is 749 g/mol. The molecule has 12 rings (SSSR count). The number of anilines is 3. The van der Waals surface area contributed by atoms with Crippen LogP contribution in [-0.4, -0.2) is 4.57 Å². The van der Waals surface area contributed by atoms with E-state index in [0.717, 1.165) is 17.1 Å². The van der Waals surface area contributed by atoms with E-state index in [1.165, 1.54) is 83.1 Å². The predicted octanol–water partition coefficient (Wildman–Crippen LogP) is 15.9. The van der Waals surface area contributed by atoms with Gasteiger partial charge < -0.3 is 9.47 Å². The minimum atomic E-state index is -0.116. The van der Waals surface area contributed by atoms with Gasteiger partial charge >= 0.3 is 0 Å². The van der Waals surface area contributed by atoms with Crippen molar-refractivity contribution < 1.29 is 0 Å². The number of rotatable bonds is 6. The van der Waals surface area contributed by atoms with Crippen molar-refractivity contribution in [1.82, 2.24) is 4.57 Å². The molecule has 2 atom stereocenters. The van der Waals surface area contributed by atoms with Crippen LogP contribution in [0.1, 0.15) is 61.4 Å². The van der Waals surface area contributed by atoms with Crippen molar-refractivity contribution in [1.29, 1.82) is 0 Å². The zero-order chi connectivity index (χ0) is 41.7. The number of benzene rings is 8. The summed E-state index contributed by atoms with van der Waals surface area (Å²) in [5.41, 5.74) is 20.2. The summed E-state index contributed by atoms with van der Waals surface area (Å²) in [6.07, 6.45) is 7.41. The first-order chi connectivity index (χ1) is 30.3. The molecule has 9 aromatic rings. The third-order valence-corrected chi connectivity index (χ3v) is 14.5. The van der Waals surface area contributed by atoms with Crippen molar-refractivity contribution in [2.45, 2.75) is 44.4 Å². The van der Waals surface area contributed by atoms with E-state index in [1.807, 2.05) is 0 Å². The molecule has 0 saturated carbocycles. The Hall–Kier alpha value is -7.16. The maximum atomic E-state index is 2.57. The molecule has 0 saturated heterocycles. The van der Waals surface area contributed by atoms with Gasteiger partial charge in [0.1, 0.15) is 0 Å². The highest BCUT2D eigenvalue weighted by Crippen LogP contribution is 2.55. The molecule has 1 heterocycles. The fourth-order valence-corrected chi connectivity index (χ4v) is 11.3. The SMILES string of the molecule is CC1(C)c2ccccc2-c2ccc(N(c3ccc(-c4ccc(-n5c6ccccc6c6ccccc65)cc4)cc3)c3ccccc3C3=CC4C(C=C3)c3ccccc3C4(C)C)cc21. The summed E-state index contributed by atoms with van der Waals surface area (Å²) in [7, 11) is 0. The van der Waals surface area contributed by atoms with E-state index in [1.54, 1.807) is 0 Å². The quantitative estimate of drug-likeness (QED) is 0.163. The van der Waals surface area contributed by atoms with Gasteiger partial charge in [-0.1, -0.05) is 179 Å². The molecule has 2 heteroatoms. The van der Waals surface area contributed by atoms with Crippen molar-refractivity contribution in [2.24, 2.45) is 5.92 Å². The van der Waals surface area contributed by atoms with E-state index in [4.69, 9.17) is 0 Å². The molecule has 2 unspecified atom stereocenters. The molecule has 0 bridgehead atoms. The minimum Gasteiger partial charge on any atom is -0.310 e. The van der Waals surface area contributed by atoms with E-state index in [9.17, 15) is 0 Å². The van der Waals surface area contributed by atoms with Gasteiger partial charge in [0.05, 0.1) is 16.7 Å². The van der Waals surface area contributed by atoms with Crippen LogP contribution in [0.15, 0.2) is 206 Å². The van der Waals surface area contributed by atoms with Crippen LogP contribution in [0.5, 0.6) is 0 Å². The zero-order valence-corrected chi connectivity index (χ0v) is 35.7. The molecule has 2 nitrogen and oxygen atoms in total. The molecule has 3 aliphatic carbocycles. The van der Waals surface area contributed by atoms with E-state index in [2.05, 4.69) is 243 Å². The summed E-state index contributed by atoms with van der Waals surface area (Å²) < 4.78 is 2.38. The molecule has 0 spiro atoms. The highest BCUT2D eigenvalue weighted by atomic mass is 15.1. The number of aromatic nitrogens is 1. The lowest BCUT2D eigenvalue weighted by Gasteiger charge is -2.33. The minimum absolute atomic E-state index is 0.0317. The van der Waals surface area contributed by atoms with Crippen LogP contribution < -0.4 is 4.90 Å². The van der Waals surface area contributed by atoms with Crippen molar-refractivity contribution in [2.75, 3.05) is 4.90 Å². The summed E-state index contributed by atoms with van der Waals surface area (Å²) in [6.45, 7) is 9.59. The Morgan fingerprint density at radius 3 is 1.77 bits per heavy atom. The number of hydrogen-bond donors (Lipinski definition) is 0.